The Morgan fingerprint density at radius 1 is 1.12 bits per heavy atom. The average Bonchev–Trinajstić information content (AvgIpc) is 2.65. The number of halogens is 1. The molecule has 0 aliphatic heterocycles. The third kappa shape index (κ3) is 4.78. The molecule has 1 N–H and O–H groups in total. The number of hydrogen-bond acceptors (Lipinski definition) is 6. The molecule has 9 heteroatoms. The van der Waals surface area contributed by atoms with Crippen molar-refractivity contribution in [2.45, 2.75) is 15.4 Å². The van der Waals surface area contributed by atoms with Crippen LogP contribution in [-0.2, 0) is 0 Å². The second kappa shape index (κ2) is 8.57. The minimum atomic E-state index is -0.424. The molecule has 3 aromatic rings. The summed E-state index contributed by atoms with van der Waals surface area (Å²) in [7, 11) is 0. The predicted octanol–water partition coefficient (Wildman–Crippen LogP) is 4.32. The molecule has 0 spiro atoms. The van der Waals surface area contributed by atoms with Gasteiger partial charge >= 0.3 is 0 Å². The smallest absolute Gasteiger partial charge is 0.269 e. The molecule has 1 aromatic heterocycles. The highest BCUT2D eigenvalue weighted by atomic mass is 35.5. The van der Waals surface area contributed by atoms with Gasteiger partial charge in [-0.3, -0.25) is 14.9 Å². The number of nitrogens with one attached hydrogen (secondary N) is 1. The number of non-ortho nitro benzene ring substituents is 1. The van der Waals surface area contributed by atoms with Crippen molar-refractivity contribution in [3.63, 3.8) is 0 Å². The van der Waals surface area contributed by atoms with Gasteiger partial charge < -0.3 is 4.98 Å². The van der Waals surface area contributed by atoms with Crippen LogP contribution in [0.15, 0.2) is 63.4 Å². The number of nitro benzene ring substituents is 1. The lowest BCUT2D eigenvalue weighted by Crippen LogP contribution is -2.11. The van der Waals surface area contributed by atoms with E-state index in [-0.39, 0.29) is 16.6 Å². The molecule has 0 bridgehead atoms. The number of H-pyrrole nitrogens is 1. The van der Waals surface area contributed by atoms with Crippen LogP contribution < -0.4 is 5.56 Å². The number of aromatic amines is 1. The maximum Gasteiger partial charge on any atom is 0.269 e. The molecule has 6 nitrogen and oxygen atoms in total. The largest absolute Gasteiger partial charge is 0.301 e. The fourth-order valence-corrected chi connectivity index (χ4v) is 4.33. The van der Waals surface area contributed by atoms with E-state index in [1.807, 2.05) is 6.07 Å². The highest BCUT2D eigenvalue weighted by Gasteiger charge is 2.10. The van der Waals surface area contributed by atoms with E-state index in [0.717, 1.165) is 4.90 Å². The minimum absolute atomic E-state index is 0.0682. The molecule has 0 aliphatic carbocycles. The Morgan fingerprint density at radius 2 is 1.81 bits per heavy atom. The molecule has 0 radical (unpaired) electrons. The van der Waals surface area contributed by atoms with Crippen LogP contribution in [0.3, 0.4) is 0 Å². The number of thioether (sulfide) groups is 2. The molecule has 3 rings (SSSR count). The number of nitrogens with zero attached hydrogens (tertiary/aromatic N) is 2. The van der Waals surface area contributed by atoms with E-state index in [9.17, 15) is 14.9 Å². The Kier molecular flexibility index (Phi) is 6.18. The monoisotopic (exact) mass is 407 g/mol. The number of hydrogen-bond donors (Lipinski definition) is 1. The lowest BCUT2D eigenvalue weighted by molar-refractivity contribution is -0.384. The Morgan fingerprint density at radius 3 is 2.54 bits per heavy atom. The van der Waals surface area contributed by atoms with Gasteiger partial charge in [-0.05, 0) is 24.3 Å². The van der Waals surface area contributed by atoms with Gasteiger partial charge in [-0.1, -0.05) is 23.9 Å². The molecule has 0 aliphatic rings. The summed E-state index contributed by atoms with van der Waals surface area (Å²) in [5.74, 6) is 1.23. The van der Waals surface area contributed by atoms with Gasteiger partial charge in [0.15, 0.2) is 5.16 Å². The van der Waals surface area contributed by atoms with Crippen molar-refractivity contribution < 1.29 is 4.92 Å². The number of alkyl halides is 1. The zero-order valence-corrected chi connectivity index (χ0v) is 15.8. The van der Waals surface area contributed by atoms with Crippen LogP contribution >= 0.6 is 35.1 Å². The fourth-order valence-electron chi connectivity index (χ4n) is 2.20. The van der Waals surface area contributed by atoms with Gasteiger partial charge in [0, 0.05) is 28.5 Å². The minimum Gasteiger partial charge on any atom is -0.301 e. The van der Waals surface area contributed by atoms with Crippen LogP contribution in [0.4, 0.5) is 5.69 Å². The van der Waals surface area contributed by atoms with Gasteiger partial charge in [0.25, 0.3) is 11.2 Å². The highest BCUT2D eigenvalue weighted by Crippen LogP contribution is 2.25. The number of para-hydroxylation sites is 1. The summed E-state index contributed by atoms with van der Waals surface area (Å²) < 4.78 is 0. The molecule has 0 fully saturated rings. The van der Waals surface area contributed by atoms with E-state index in [4.69, 9.17) is 11.6 Å². The summed E-state index contributed by atoms with van der Waals surface area (Å²) in [5.41, 5.74) is 0.563. The van der Waals surface area contributed by atoms with Gasteiger partial charge in [0.2, 0.25) is 0 Å². The van der Waals surface area contributed by atoms with Crippen molar-refractivity contribution in [1.29, 1.82) is 0 Å². The number of rotatable bonds is 7. The van der Waals surface area contributed by atoms with Crippen molar-refractivity contribution in [3.05, 3.63) is 69.0 Å². The summed E-state index contributed by atoms with van der Waals surface area (Å²) in [6.45, 7) is 0. The SMILES string of the molecule is O=c1[nH]c(SC[C@@H](Cl)CSc2ccc([N+](=O)[O-])cc2)nc2ccccc12. The summed E-state index contributed by atoms with van der Waals surface area (Å²) in [6.07, 6.45) is 0. The van der Waals surface area contributed by atoms with Crippen LogP contribution in [0.25, 0.3) is 10.9 Å². The van der Waals surface area contributed by atoms with Crippen molar-refractivity contribution >= 4 is 51.7 Å². The molecule has 0 saturated heterocycles. The Bertz CT molecular complexity index is 979. The van der Waals surface area contributed by atoms with Gasteiger partial charge in [-0.25, -0.2) is 4.98 Å². The molecule has 134 valence electrons. The summed E-state index contributed by atoms with van der Waals surface area (Å²) in [4.78, 5) is 30.4. The van der Waals surface area contributed by atoms with Crippen molar-refractivity contribution in [3.8, 4) is 0 Å². The lowest BCUT2D eigenvalue weighted by atomic mass is 10.2. The zero-order valence-electron chi connectivity index (χ0n) is 13.4. The molecule has 1 heterocycles. The van der Waals surface area contributed by atoms with Gasteiger partial charge in [-0.15, -0.1) is 23.4 Å². The normalized spacial score (nSPS) is 12.2. The molecule has 2 aromatic carbocycles. The van der Waals surface area contributed by atoms with E-state index in [1.54, 1.807) is 30.3 Å². The molecular formula is C17H14ClN3O3S2. The molecule has 0 unspecified atom stereocenters. The standard InChI is InChI=1S/C17H14ClN3O3S2/c18-11(9-25-13-7-5-12(6-8-13)21(23)24)10-26-17-19-15-4-2-1-3-14(15)16(22)20-17/h1-8,11H,9-10H2,(H,19,20,22)/t11-/m0/s1. The van der Waals surface area contributed by atoms with Gasteiger partial charge in [0.05, 0.1) is 21.2 Å². The van der Waals surface area contributed by atoms with E-state index >= 15 is 0 Å². The molecule has 0 saturated carbocycles. The number of aromatic nitrogens is 2. The topological polar surface area (TPSA) is 88.9 Å². The Labute approximate surface area is 162 Å². The number of fused-ring (bicyclic) bond motifs is 1. The highest BCUT2D eigenvalue weighted by molar-refractivity contribution is 8.00. The second-order valence-electron chi connectivity index (χ2n) is 5.36. The van der Waals surface area contributed by atoms with E-state index < -0.39 is 4.92 Å². The third-order valence-electron chi connectivity index (χ3n) is 3.47. The first-order valence-electron chi connectivity index (χ1n) is 7.66. The molecule has 1 atom stereocenters. The average molecular weight is 408 g/mol. The first-order chi connectivity index (χ1) is 12.5. The van der Waals surface area contributed by atoms with Crippen molar-refractivity contribution in [1.82, 2.24) is 9.97 Å². The molecule has 0 amide bonds. The molecular weight excluding hydrogens is 394 g/mol. The first-order valence-corrected chi connectivity index (χ1v) is 10.1. The summed E-state index contributed by atoms with van der Waals surface area (Å²) in [5, 5.41) is 11.6. The maximum absolute atomic E-state index is 12.0. The Hall–Kier alpha value is -2.03. The first kappa shape index (κ1) is 18.8. The fraction of sp³-hybridized carbons (Fsp3) is 0.176. The summed E-state index contributed by atoms with van der Waals surface area (Å²) >= 11 is 9.28. The third-order valence-corrected chi connectivity index (χ3v) is 6.36. The Balaban J connectivity index is 1.55. The lowest BCUT2D eigenvalue weighted by Gasteiger charge is -2.09. The van der Waals surface area contributed by atoms with E-state index in [2.05, 4.69) is 9.97 Å². The van der Waals surface area contributed by atoms with Crippen molar-refractivity contribution in [2.24, 2.45) is 0 Å². The zero-order chi connectivity index (χ0) is 18.5. The summed E-state index contributed by atoms with van der Waals surface area (Å²) in [6, 6.07) is 13.6. The second-order valence-corrected chi connectivity index (χ2v) is 8.08. The quantitative estimate of drug-likeness (QED) is 0.206. The van der Waals surface area contributed by atoms with Crippen LogP contribution in [0, 0.1) is 10.1 Å². The number of benzene rings is 2. The van der Waals surface area contributed by atoms with Gasteiger partial charge in [-0.2, -0.15) is 0 Å². The van der Waals surface area contributed by atoms with E-state index in [0.29, 0.717) is 27.6 Å². The van der Waals surface area contributed by atoms with Crippen molar-refractivity contribution in [2.75, 3.05) is 11.5 Å². The molecule has 26 heavy (non-hydrogen) atoms. The van der Waals surface area contributed by atoms with Crippen LogP contribution in [0.2, 0.25) is 0 Å². The van der Waals surface area contributed by atoms with Crippen LogP contribution in [-0.4, -0.2) is 31.8 Å². The number of nitro groups is 1. The predicted molar refractivity (Wildman–Crippen MR) is 107 cm³/mol. The van der Waals surface area contributed by atoms with E-state index in [1.165, 1.54) is 35.7 Å². The van der Waals surface area contributed by atoms with Gasteiger partial charge in [0.1, 0.15) is 0 Å². The van der Waals surface area contributed by atoms with Crippen LogP contribution in [0.5, 0.6) is 0 Å². The maximum atomic E-state index is 12.0. The van der Waals surface area contributed by atoms with Crippen LogP contribution in [0.1, 0.15) is 0 Å².